The maximum Gasteiger partial charge on any atom is 0.258 e. The lowest BCUT2D eigenvalue weighted by Gasteiger charge is -2.24. The fourth-order valence-electron chi connectivity index (χ4n) is 3.83. The Bertz CT molecular complexity index is 976. The number of rotatable bonds is 12. The standard InChI is InChI=1S/C27H35N3O5/c1-3-19(2)25(30-26(32)20-10-5-4-6-11-20)27(33)29-16-21-12-7-8-14-23(21)35-18-24(31)28-17-22-13-9-15-34-22/h4-8,10-12,14,19,22,25H,3,9,13,15-18H2,1-2H3,(H,28,31)(H,29,33)(H,30,32)/t19-,22+,25-/m0/s1. The van der Waals surface area contributed by atoms with Gasteiger partial charge in [-0.25, -0.2) is 0 Å². The Labute approximate surface area is 206 Å². The molecule has 3 atom stereocenters. The molecule has 0 saturated carbocycles. The van der Waals surface area contributed by atoms with E-state index in [9.17, 15) is 14.4 Å². The smallest absolute Gasteiger partial charge is 0.258 e. The topological polar surface area (TPSA) is 106 Å². The van der Waals surface area contributed by atoms with Crippen LogP contribution in [-0.2, 0) is 20.9 Å². The molecule has 0 aromatic heterocycles. The van der Waals surface area contributed by atoms with Gasteiger partial charge in [0.25, 0.3) is 11.8 Å². The van der Waals surface area contributed by atoms with Crippen molar-refractivity contribution in [2.75, 3.05) is 19.8 Å². The van der Waals surface area contributed by atoms with Crippen LogP contribution >= 0.6 is 0 Å². The zero-order chi connectivity index (χ0) is 25.0. The van der Waals surface area contributed by atoms with E-state index >= 15 is 0 Å². The van der Waals surface area contributed by atoms with Crippen LogP contribution < -0.4 is 20.7 Å². The summed E-state index contributed by atoms with van der Waals surface area (Å²) in [6, 6.07) is 15.4. The van der Waals surface area contributed by atoms with Crippen molar-refractivity contribution in [3.8, 4) is 5.75 Å². The van der Waals surface area contributed by atoms with Gasteiger partial charge >= 0.3 is 0 Å². The summed E-state index contributed by atoms with van der Waals surface area (Å²) in [5.74, 6) is -0.313. The molecule has 0 unspecified atom stereocenters. The average Bonchev–Trinajstić information content (AvgIpc) is 3.42. The van der Waals surface area contributed by atoms with Gasteiger partial charge in [-0.1, -0.05) is 56.7 Å². The number of carbonyl (C=O) groups excluding carboxylic acids is 3. The molecule has 1 aliphatic heterocycles. The largest absolute Gasteiger partial charge is 0.483 e. The summed E-state index contributed by atoms with van der Waals surface area (Å²) in [6.07, 6.45) is 2.77. The zero-order valence-corrected chi connectivity index (χ0v) is 20.4. The lowest BCUT2D eigenvalue weighted by Crippen LogP contribution is -2.50. The van der Waals surface area contributed by atoms with Crippen molar-refractivity contribution in [3.63, 3.8) is 0 Å². The molecule has 3 amide bonds. The molecule has 0 bridgehead atoms. The molecule has 0 radical (unpaired) electrons. The Kier molecular flexibility index (Phi) is 10.1. The van der Waals surface area contributed by atoms with Crippen molar-refractivity contribution >= 4 is 17.7 Å². The third-order valence-corrected chi connectivity index (χ3v) is 6.15. The maximum atomic E-state index is 13.0. The molecular weight excluding hydrogens is 446 g/mol. The third kappa shape index (κ3) is 8.10. The van der Waals surface area contributed by atoms with Crippen molar-refractivity contribution in [1.29, 1.82) is 0 Å². The average molecular weight is 482 g/mol. The lowest BCUT2D eigenvalue weighted by molar-refractivity contribution is -0.125. The number of hydrogen-bond acceptors (Lipinski definition) is 5. The minimum atomic E-state index is -0.677. The van der Waals surface area contributed by atoms with Crippen LogP contribution in [0, 0.1) is 5.92 Å². The Morgan fingerprint density at radius 1 is 1.06 bits per heavy atom. The zero-order valence-electron chi connectivity index (χ0n) is 20.4. The molecule has 2 aromatic carbocycles. The predicted octanol–water partition coefficient (Wildman–Crippen LogP) is 2.82. The first-order chi connectivity index (χ1) is 17.0. The molecule has 3 rings (SSSR count). The number of carbonyl (C=O) groups is 3. The van der Waals surface area contributed by atoms with Gasteiger partial charge in [-0.05, 0) is 37.0 Å². The van der Waals surface area contributed by atoms with Crippen LogP contribution in [0.2, 0.25) is 0 Å². The van der Waals surface area contributed by atoms with Gasteiger partial charge in [-0.2, -0.15) is 0 Å². The van der Waals surface area contributed by atoms with Crippen molar-refractivity contribution in [2.24, 2.45) is 5.92 Å². The molecule has 2 aromatic rings. The van der Waals surface area contributed by atoms with Crippen LogP contribution in [0.5, 0.6) is 5.75 Å². The minimum absolute atomic E-state index is 0.0540. The van der Waals surface area contributed by atoms with Crippen LogP contribution in [0.4, 0.5) is 0 Å². The molecule has 35 heavy (non-hydrogen) atoms. The normalized spacial score (nSPS) is 16.7. The molecule has 188 valence electrons. The van der Waals surface area contributed by atoms with E-state index in [1.807, 2.05) is 38.1 Å². The molecule has 1 saturated heterocycles. The van der Waals surface area contributed by atoms with Gasteiger partial charge in [0.2, 0.25) is 5.91 Å². The highest BCUT2D eigenvalue weighted by atomic mass is 16.5. The maximum absolute atomic E-state index is 13.0. The Balaban J connectivity index is 1.54. The van der Waals surface area contributed by atoms with E-state index in [2.05, 4.69) is 16.0 Å². The summed E-state index contributed by atoms with van der Waals surface area (Å²) in [4.78, 5) is 37.8. The molecule has 0 aliphatic carbocycles. The summed E-state index contributed by atoms with van der Waals surface area (Å²) >= 11 is 0. The molecule has 8 heteroatoms. The van der Waals surface area contributed by atoms with E-state index in [-0.39, 0.29) is 42.9 Å². The quantitative estimate of drug-likeness (QED) is 0.432. The molecule has 8 nitrogen and oxygen atoms in total. The van der Waals surface area contributed by atoms with Crippen LogP contribution in [0.15, 0.2) is 54.6 Å². The van der Waals surface area contributed by atoms with Crippen molar-refractivity contribution in [2.45, 2.75) is 51.8 Å². The molecule has 1 aliphatic rings. The third-order valence-electron chi connectivity index (χ3n) is 6.15. The molecular formula is C27H35N3O5. The number of hydrogen-bond donors (Lipinski definition) is 3. The van der Waals surface area contributed by atoms with Crippen LogP contribution in [0.3, 0.4) is 0 Å². The highest BCUT2D eigenvalue weighted by Crippen LogP contribution is 2.18. The van der Waals surface area contributed by atoms with E-state index in [1.54, 1.807) is 30.3 Å². The monoisotopic (exact) mass is 481 g/mol. The van der Waals surface area contributed by atoms with E-state index < -0.39 is 6.04 Å². The second-order valence-electron chi connectivity index (χ2n) is 8.76. The van der Waals surface area contributed by atoms with Crippen molar-refractivity contribution in [3.05, 3.63) is 65.7 Å². The van der Waals surface area contributed by atoms with Crippen LogP contribution in [0.1, 0.15) is 49.0 Å². The number of amides is 3. The lowest BCUT2D eigenvalue weighted by atomic mass is 9.97. The predicted molar refractivity (Wildman–Crippen MR) is 133 cm³/mol. The highest BCUT2D eigenvalue weighted by Gasteiger charge is 2.26. The number of benzene rings is 2. The summed E-state index contributed by atoms with van der Waals surface area (Å²) in [7, 11) is 0. The van der Waals surface area contributed by atoms with Gasteiger partial charge in [0, 0.05) is 30.8 Å². The van der Waals surface area contributed by atoms with E-state index in [0.717, 1.165) is 31.4 Å². The van der Waals surface area contributed by atoms with Gasteiger partial charge < -0.3 is 25.4 Å². The summed E-state index contributed by atoms with van der Waals surface area (Å²) in [5, 5.41) is 8.61. The number of para-hydroxylation sites is 1. The first kappa shape index (κ1) is 26.2. The van der Waals surface area contributed by atoms with Crippen LogP contribution in [0.25, 0.3) is 0 Å². The van der Waals surface area contributed by atoms with Gasteiger partial charge in [-0.15, -0.1) is 0 Å². The minimum Gasteiger partial charge on any atom is -0.483 e. The van der Waals surface area contributed by atoms with Crippen LogP contribution in [-0.4, -0.2) is 49.6 Å². The SMILES string of the molecule is CC[C@H](C)[C@H](NC(=O)c1ccccc1)C(=O)NCc1ccccc1OCC(=O)NC[C@H]1CCCO1. The second-order valence-corrected chi connectivity index (χ2v) is 8.76. The van der Waals surface area contributed by atoms with Crippen molar-refractivity contribution in [1.82, 2.24) is 16.0 Å². The van der Waals surface area contributed by atoms with E-state index in [4.69, 9.17) is 9.47 Å². The van der Waals surface area contributed by atoms with Gasteiger partial charge in [0.1, 0.15) is 11.8 Å². The van der Waals surface area contributed by atoms with E-state index in [1.165, 1.54) is 0 Å². The number of nitrogens with one attached hydrogen (secondary N) is 3. The molecule has 3 N–H and O–H groups in total. The molecule has 0 spiro atoms. The van der Waals surface area contributed by atoms with E-state index in [0.29, 0.717) is 17.9 Å². The van der Waals surface area contributed by atoms with Crippen molar-refractivity contribution < 1.29 is 23.9 Å². The first-order valence-electron chi connectivity index (χ1n) is 12.2. The Morgan fingerprint density at radius 2 is 1.80 bits per heavy atom. The highest BCUT2D eigenvalue weighted by molar-refractivity contribution is 5.97. The summed E-state index contributed by atoms with van der Waals surface area (Å²) < 4.78 is 11.2. The van der Waals surface area contributed by atoms with Gasteiger partial charge in [-0.3, -0.25) is 14.4 Å². The molecule has 1 heterocycles. The summed E-state index contributed by atoms with van der Waals surface area (Å²) in [5.41, 5.74) is 1.25. The molecule has 1 fully saturated rings. The Morgan fingerprint density at radius 3 is 2.51 bits per heavy atom. The summed E-state index contributed by atoms with van der Waals surface area (Å²) in [6.45, 7) is 5.21. The number of ether oxygens (including phenoxy) is 2. The fourth-order valence-corrected chi connectivity index (χ4v) is 3.83. The Hall–Kier alpha value is -3.39. The first-order valence-corrected chi connectivity index (χ1v) is 12.2. The van der Waals surface area contributed by atoms with Gasteiger partial charge in [0.15, 0.2) is 6.61 Å². The second kappa shape index (κ2) is 13.5. The van der Waals surface area contributed by atoms with Gasteiger partial charge in [0.05, 0.1) is 6.10 Å². The fraction of sp³-hybridized carbons (Fsp3) is 0.444.